The van der Waals surface area contributed by atoms with Crippen LogP contribution in [0.5, 0.6) is 0 Å². The highest BCUT2D eigenvalue weighted by molar-refractivity contribution is 7.84. The molecular weight excluding hydrogens is 281 g/mol. The molecule has 0 saturated heterocycles. The average Bonchev–Trinajstić information content (AvgIpc) is 2.61. The summed E-state index contributed by atoms with van der Waals surface area (Å²) < 4.78 is 27.5. The van der Waals surface area contributed by atoms with Crippen LogP contribution >= 0.6 is 0 Å². The van der Waals surface area contributed by atoms with Gasteiger partial charge in [-0.1, -0.05) is 0 Å². The first-order valence-electron chi connectivity index (χ1n) is 5.93. The van der Waals surface area contributed by atoms with Crippen molar-refractivity contribution in [2.24, 2.45) is 0 Å². The lowest BCUT2D eigenvalue weighted by Crippen LogP contribution is -2.51. The normalized spacial score (nSPS) is 22.9. The second-order valence-electron chi connectivity index (χ2n) is 5.49. The van der Waals surface area contributed by atoms with Crippen LogP contribution in [-0.4, -0.2) is 14.9 Å². The number of nitriles is 1. The highest BCUT2D eigenvalue weighted by Crippen LogP contribution is 2.37. The molecule has 1 unspecified atom stereocenters. The summed E-state index contributed by atoms with van der Waals surface area (Å²) in [5.74, 6) is -1.22. The smallest absolute Gasteiger partial charge is 0.265 e. The number of nitrogens with one attached hydrogen (secondary N) is 2. The fraction of sp³-hybridized carbons (Fsp3) is 0.385. The topological polar surface area (TPSA) is 82.0 Å². The molecule has 0 fully saturated rings. The van der Waals surface area contributed by atoms with E-state index in [0.717, 1.165) is 6.07 Å². The van der Waals surface area contributed by atoms with Crippen molar-refractivity contribution in [3.63, 3.8) is 0 Å². The van der Waals surface area contributed by atoms with E-state index in [9.17, 15) is 18.7 Å². The Morgan fingerprint density at radius 1 is 1.45 bits per heavy atom. The third-order valence-electron chi connectivity index (χ3n) is 2.94. The SMILES string of the molecule is CC(C)(C)S(=O)N[C@@]1(C#N)C(=O)Nc2ccc(F)cc21. The molecule has 1 aromatic rings. The summed E-state index contributed by atoms with van der Waals surface area (Å²) in [5.41, 5.74) is -1.34. The molecule has 0 saturated carbocycles. The molecule has 0 aliphatic carbocycles. The first-order chi connectivity index (χ1) is 9.20. The highest BCUT2D eigenvalue weighted by atomic mass is 32.2. The van der Waals surface area contributed by atoms with Crippen LogP contribution in [0.4, 0.5) is 10.1 Å². The lowest BCUT2D eigenvalue weighted by atomic mass is 9.94. The van der Waals surface area contributed by atoms with Crippen LogP contribution < -0.4 is 10.0 Å². The van der Waals surface area contributed by atoms with Crippen LogP contribution in [-0.2, 0) is 21.3 Å². The molecule has 0 spiro atoms. The van der Waals surface area contributed by atoms with E-state index in [-0.39, 0.29) is 5.56 Å². The number of fused-ring (bicyclic) bond motifs is 1. The van der Waals surface area contributed by atoms with Gasteiger partial charge in [-0.3, -0.25) is 4.79 Å². The third-order valence-corrected chi connectivity index (χ3v) is 4.55. The standard InChI is InChI=1S/C13H14FN3O2S/c1-12(2,3)20(19)17-13(7-15)9-6-8(14)4-5-10(9)16-11(13)18/h4-6,17H,1-3H3,(H,16,18)/t13-,20?/m1/s1. The molecule has 0 radical (unpaired) electrons. The van der Waals surface area contributed by atoms with Gasteiger partial charge in [0.2, 0.25) is 5.54 Å². The molecule has 0 bridgehead atoms. The predicted octanol–water partition coefficient (Wildman–Crippen LogP) is 1.55. The molecule has 2 N–H and O–H groups in total. The minimum absolute atomic E-state index is 0.155. The van der Waals surface area contributed by atoms with Gasteiger partial charge in [0.25, 0.3) is 5.91 Å². The lowest BCUT2D eigenvalue weighted by molar-refractivity contribution is -0.119. The van der Waals surface area contributed by atoms with Crippen molar-refractivity contribution >= 4 is 22.6 Å². The molecule has 1 aliphatic rings. The highest BCUT2D eigenvalue weighted by Gasteiger charge is 2.50. The number of halogens is 1. The van der Waals surface area contributed by atoms with E-state index in [4.69, 9.17) is 0 Å². The Bertz CT molecular complexity index is 648. The minimum Gasteiger partial charge on any atom is -0.323 e. The number of nitrogens with zero attached hydrogens (tertiary/aromatic N) is 1. The van der Waals surface area contributed by atoms with E-state index >= 15 is 0 Å². The quantitative estimate of drug-likeness (QED) is 0.868. The van der Waals surface area contributed by atoms with Crippen molar-refractivity contribution in [2.75, 3.05) is 5.32 Å². The second-order valence-corrected chi connectivity index (χ2v) is 7.46. The molecule has 5 nitrogen and oxygen atoms in total. The number of rotatable bonds is 2. The number of carbonyl (C=O) groups excluding carboxylic acids is 1. The molecule has 106 valence electrons. The fourth-order valence-electron chi connectivity index (χ4n) is 1.80. The largest absolute Gasteiger partial charge is 0.323 e. The Balaban J connectivity index is 2.52. The number of hydrogen-bond acceptors (Lipinski definition) is 3. The van der Waals surface area contributed by atoms with Gasteiger partial charge in [-0.05, 0) is 39.0 Å². The number of benzene rings is 1. The average molecular weight is 295 g/mol. The van der Waals surface area contributed by atoms with E-state index in [1.165, 1.54) is 12.1 Å². The van der Waals surface area contributed by atoms with E-state index < -0.39 is 33.0 Å². The Hall–Kier alpha value is -1.78. The maximum absolute atomic E-state index is 13.4. The maximum Gasteiger partial charge on any atom is 0.265 e. The number of amides is 1. The summed E-state index contributed by atoms with van der Waals surface area (Å²) >= 11 is 0. The Labute approximate surface area is 118 Å². The molecule has 2 atom stereocenters. The summed E-state index contributed by atoms with van der Waals surface area (Å²) in [6, 6.07) is 5.50. The van der Waals surface area contributed by atoms with Crippen molar-refractivity contribution in [3.8, 4) is 6.07 Å². The van der Waals surface area contributed by atoms with E-state index in [0.29, 0.717) is 5.69 Å². The molecule has 1 aliphatic heterocycles. The number of carbonyl (C=O) groups is 1. The maximum atomic E-state index is 13.4. The molecule has 7 heteroatoms. The monoisotopic (exact) mass is 295 g/mol. The van der Waals surface area contributed by atoms with E-state index in [1.54, 1.807) is 20.8 Å². The van der Waals surface area contributed by atoms with Crippen molar-refractivity contribution in [1.29, 1.82) is 5.26 Å². The molecule has 20 heavy (non-hydrogen) atoms. The van der Waals surface area contributed by atoms with Crippen molar-refractivity contribution in [1.82, 2.24) is 4.72 Å². The number of hydrogen-bond donors (Lipinski definition) is 2. The van der Waals surface area contributed by atoms with Gasteiger partial charge >= 0.3 is 0 Å². The Morgan fingerprint density at radius 3 is 2.65 bits per heavy atom. The lowest BCUT2D eigenvalue weighted by Gasteiger charge is -2.26. The molecule has 1 amide bonds. The zero-order chi connectivity index (χ0) is 15.1. The summed E-state index contributed by atoms with van der Waals surface area (Å²) in [5, 5.41) is 11.9. The fourth-order valence-corrected chi connectivity index (χ4v) is 2.63. The third kappa shape index (κ3) is 2.21. The van der Waals surface area contributed by atoms with Crippen LogP contribution in [0.3, 0.4) is 0 Å². The van der Waals surface area contributed by atoms with Crippen LogP contribution in [0.25, 0.3) is 0 Å². The molecule has 2 rings (SSSR count). The second kappa shape index (κ2) is 4.65. The van der Waals surface area contributed by atoms with Crippen LogP contribution in [0.1, 0.15) is 26.3 Å². The van der Waals surface area contributed by atoms with Gasteiger partial charge in [0.1, 0.15) is 11.9 Å². The van der Waals surface area contributed by atoms with Gasteiger partial charge in [0, 0.05) is 11.3 Å². The summed E-state index contributed by atoms with van der Waals surface area (Å²) in [6.45, 7) is 5.13. The molecule has 0 aromatic heterocycles. The summed E-state index contributed by atoms with van der Waals surface area (Å²) in [6.07, 6.45) is 0. The van der Waals surface area contributed by atoms with Crippen LogP contribution in [0, 0.1) is 17.1 Å². The Kier molecular flexibility index (Phi) is 3.40. The summed E-state index contributed by atoms with van der Waals surface area (Å²) in [7, 11) is -1.66. The van der Waals surface area contributed by atoms with E-state index in [1.807, 2.05) is 6.07 Å². The van der Waals surface area contributed by atoms with Gasteiger partial charge in [-0.2, -0.15) is 5.26 Å². The van der Waals surface area contributed by atoms with Gasteiger partial charge in [-0.25, -0.2) is 13.3 Å². The first-order valence-corrected chi connectivity index (χ1v) is 7.08. The van der Waals surface area contributed by atoms with Crippen LogP contribution in [0.2, 0.25) is 0 Å². The van der Waals surface area contributed by atoms with Gasteiger partial charge in [0.05, 0.1) is 15.7 Å². The first kappa shape index (κ1) is 14.6. The van der Waals surface area contributed by atoms with Crippen molar-refractivity contribution in [2.45, 2.75) is 31.1 Å². The van der Waals surface area contributed by atoms with Crippen LogP contribution in [0.15, 0.2) is 18.2 Å². The van der Waals surface area contributed by atoms with Crippen molar-refractivity contribution in [3.05, 3.63) is 29.6 Å². The minimum atomic E-state index is -1.84. The molecule has 1 aromatic carbocycles. The van der Waals surface area contributed by atoms with Crippen molar-refractivity contribution < 1.29 is 13.4 Å². The number of anilines is 1. The summed E-state index contributed by atoms with van der Waals surface area (Å²) in [4.78, 5) is 12.1. The zero-order valence-corrected chi connectivity index (χ0v) is 12.1. The Morgan fingerprint density at radius 2 is 2.10 bits per heavy atom. The van der Waals surface area contributed by atoms with Gasteiger partial charge in [-0.15, -0.1) is 0 Å². The predicted molar refractivity (Wildman–Crippen MR) is 73.4 cm³/mol. The zero-order valence-electron chi connectivity index (χ0n) is 11.3. The van der Waals surface area contributed by atoms with E-state index in [2.05, 4.69) is 10.0 Å². The molecular formula is C13H14FN3O2S. The van der Waals surface area contributed by atoms with Gasteiger partial charge in [0.15, 0.2) is 0 Å². The van der Waals surface area contributed by atoms with Gasteiger partial charge < -0.3 is 5.32 Å². The molecule has 1 heterocycles.